The maximum Gasteiger partial charge on any atom is 0.193 e. The van der Waals surface area contributed by atoms with Gasteiger partial charge in [0, 0.05) is 32.8 Å². The Morgan fingerprint density at radius 3 is 2.50 bits per heavy atom. The summed E-state index contributed by atoms with van der Waals surface area (Å²) < 4.78 is 5.73. The zero-order valence-corrected chi connectivity index (χ0v) is 14.5. The normalized spacial score (nSPS) is 21.5. The highest BCUT2D eigenvalue weighted by atomic mass is 16.5. The lowest BCUT2D eigenvalue weighted by Gasteiger charge is -2.34. The number of nitrogens with one attached hydrogen (secondary N) is 1. The van der Waals surface area contributed by atoms with Gasteiger partial charge >= 0.3 is 0 Å². The molecule has 0 amide bonds. The van der Waals surface area contributed by atoms with Crippen molar-refractivity contribution in [1.29, 1.82) is 0 Å². The third-order valence-corrected chi connectivity index (χ3v) is 4.57. The number of hydrogen-bond donors (Lipinski definition) is 1. The number of aliphatic imine (C=N–C) groups is 1. The first-order valence-electron chi connectivity index (χ1n) is 9.20. The van der Waals surface area contributed by atoms with Crippen LogP contribution in [0, 0.1) is 0 Å². The minimum absolute atomic E-state index is 0.444. The Bertz CT molecular complexity index is 321. The molecule has 0 aliphatic carbocycles. The highest BCUT2D eigenvalue weighted by molar-refractivity contribution is 5.80. The van der Waals surface area contributed by atoms with E-state index >= 15 is 0 Å². The fraction of sp³-hybridized carbons (Fsp3) is 0.941. The Morgan fingerprint density at radius 1 is 1.14 bits per heavy atom. The van der Waals surface area contributed by atoms with E-state index in [1.54, 1.807) is 0 Å². The van der Waals surface area contributed by atoms with Crippen molar-refractivity contribution in [2.75, 3.05) is 52.4 Å². The number of hydrogen-bond acceptors (Lipinski definition) is 3. The molecule has 0 aromatic carbocycles. The van der Waals surface area contributed by atoms with Crippen LogP contribution in [0.15, 0.2) is 4.99 Å². The first-order chi connectivity index (χ1) is 10.8. The van der Waals surface area contributed by atoms with Gasteiger partial charge in [-0.15, -0.1) is 0 Å². The molecule has 2 heterocycles. The molecular weight excluding hydrogens is 276 g/mol. The molecule has 0 unspecified atom stereocenters. The van der Waals surface area contributed by atoms with Crippen molar-refractivity contribution in [3.63, 3.8) is 0 Å². The van der Waals surface area contributed by atoms with Crippen LogP contribution in [0.1, 0.15) is 46.0 Å². The molecule has 0 saturated carbocycles. The average molecular weight is 310 g/mol. The zero-order valence-electron chi connectivity index (χ0n) is 14.5. The third kappa shape index (κ3) is 5.76. The Balaban J connectivity index is 1.72. The molecule has 2 aliphatic heterocycles. The molecule has 22 heavy (non-hydrogen) atoms. The molecule has 2 rings (SSSR count). The molecular formula is C17H34N4O. The molecule has 0 radical (unpaired) electrons. The minimum atomic E-state index is 0.444. The van der Waals surface area contributed by atoms with Crippen molar-refractivity contribution in [3.8, 4) is 0 Å². The fourth-order valence-corrected chi connectivity index (χ4v) is 3.38. The molecule has 0 bridgehead atoms. The second kappa shape index (κ2) is 10.1. The second-order valence-electron chi connectivity index (χ2n) is 6.28. The summed E-state index contributed by atoms with van der Waals surface area (Å²) in [5.74, 6) is 1.10. The number of guanidine groups is 1. The second-order valence-corrected chi connectivity index (χ2v) is 6.28. The van der Waals surface area contributed by atoms with Crippen molar-refractivity contribution in [3.05, 3.63) is 0 Å². The molecule has 1 N–H and O–H groups in total. The Labute approximate surface area is 136 Å². The standard InChI is InChI=1S/C17H34N4O/c1-3-18-17(19-10-7-13-20-11-5-6-12-20)21-14-8-16(9-15-21)22-4-2/h16H,3-15H2,1-2H3,(H,18,19). The molecule has 5 nitrogen and oxygen atoms in total. The van der Waals surface area contributed by atoms with Gasteiger partial charge in [0.1, 0.15) is 0 Å². The van der Waals surface area contributed by atoms with E-state index in [0.29, 0.717) is 6.10 Å². The third-order valence-electron chi connectivity index (χ3n) is 4.57. The molecule has 0 spiro atoms. The largest absolute Gasteiger partial charge is 0.378 e. The summed E-state index contributed by atoms with van der Waals surface area (Å²) in [4.78, 5) is 9.80. The van der Waals surface area contributed by atoms with E-state index in [0.717, 1.165) is 51.6 Å². The van der Waals surface area contributed by atoms with E-state index in [-0.39, 0.29) is 0 Å². The van der Waals surface area contributed by atoms with Gasteiger partial charge < -0.3 is 19.9 Å². The summed E-state index contributed by atoms with van der Waals surface area (Å²) in [6, 6.07) is 0. The maximum atomic E-state index is 5.73. The Hall–Kier alpha value is -0.810. The molecule has 0 atom stereocenters. The lowest BCUT2D eigenvalue weighted by molar-refractivity contribution is 0.0264. The highest BCUT2D eigenvalue weighted by Gasteiger charge is 2.21. The fourth-order valence-electron chi connectivity index (χ4n) is 3.38. The lowest BCUT2D eigenvalue weighted by atomic mass is 10.1. The van der Waals surface area contributed by atoms with Crippen LogP contribution in [0.5, 0.6) is 0 Å². The molecule has 0 aromatic heterocycles. The summed E-state index contributed by atoms with van der Waals surface area (Å²) in [5.41, 5.74) is 0. The quantitative estimate of drug-likeness (QED) is 0.443. The molecule has 0 aromatic rings. The van der Waals surface area contributed by atoms with Gasteiger partial charge in [0.05, 0.1) is 6.10 Å². The Kier molecular flexibility index (Phi) is 8.02. The molecule has 2 saturated heterocycles. The first-order valence-corrected chi connectivity index (χ1v) is 9.20. The summed E-state index contributed by atoms with van der Waals surface area (Å²) in [6.07, 6.45) is 6.60. The Morgan fingerprint density at radius 2 is 1.86 bits per heavy atom. The van der Waals surface area contributed by atoms with Crippen LogP contribution >= 0.6 is 0 Å². The maximum absolute atomic E-state index is 5.73. The van der Waals surface area contributed by atoms with Gasteiger partial charge in [0.15, 0.2) is 5.96 Å². The van der Waals surface area contributed by atoms with Crippen molar-refractivity contribution in [1.82, 2.24) is 15.1 Å². The van der Waals surface area contributed by atoms with Crippen LogP contribution in [0.3, 0.4) is 0 Å². The lowest BCUT2D eigenvalue weighted by Crippen LogP contribution is -2.47. The average Bonchev–Trinajstić information content (AvgIpc) is 3.05. The predicted octanol–water partition coefficient (Wildman–Crippen LogP) is 1.94. The van der Waals surface area contributed by atoms with Crippen LogP contribution in [0.25, 0.3) is 0 Å². The smallest absolute Gasteiger partial charge is 0.193 e. The van der Waals surface area contributed by atoms with Gasteiger partial charge in [-0.3, -0.25) is 4.99 Å². The number of likely N-dealkylation sites (tertiary alicyclic amines) is 2. The highest BCUT2D eigenvalue weighted by Crippen LogP contribution is 2.14. The topological polar surface area (TPSA) is 40.1 Å². The monoisotopic (exact) mass is 310 g/mol. The van der Waals surface area contributed by atoms with Gasteiger partial charge in [-0.05, 0) is 65.6 Å². The molecule has 2 fully saturated rings. The van der Waals surface area contributed by atoms with Crippen LogP contribution < -0.4 is 5.32 Å². The molecule has 128 valence electrons. The van der Waals surface area contributed by atoms with Gasteiger partial charge in [-0.25, -0.2) is 0 Å². The van der Waals surface area contributed by atoms with Crippen LogP contribution in [-0.4, -0.2) is 74.3 Å². The summed E-state index contributed by atoms with van der Waals surface area (Å²) >= 11 is 0. The van der Waals surface area contributed by atoms with Crippen LogP contribution in [0.2, 0.25) is 0 Å². The summed E-state index contributed by atoms with van der Waals surface area (Å²) in [5, 5.41) is 3.45. The number of piperidine rings is 1. The van der Waals surface area contributed by atoms with E-state index in [9.17, 15) is 0 Å². The van der Waals surface area contributed by atoms with E-state index in [1.807, 2.05) is 0 Å². The van der Waals surface area contributed by atoms with Crippen molar-refractivity contribution < 1.29 is 4.74 Å². The van der Waals surface area contributed by atoms with E-state index in [1.165, 1.54) is 38.9 Å². The van der Waals surface area contributed by atoms with Crippen molar-refractivity contribution >= 4 is 5.96 Å². The predicted molar refractivity (Wildman–Crippen MR) is 92.5 cm³/mol. The minimum Gasteiger partial charge on any atom is -0.378 e. The van der Waals surface area contributed by atoms with Gasteiger partial charge in [-0.1, -0.05) is 0 Å². The van der Waals surface area contributed by atoms with E-state index in [2.05, 4.69) is 29.0 Å². The molecule has 5 heteroatoms. The van der Waals surface area contributed by atoms with Crippen LogP contribution in [0.4, 0.5) is 0 Å². The van der Waals surface area contributed by atoms with Crippen LogP contribution in [-0.2, 0) is 4.74 Å². The van der Waals surface area contributed by atoms with E-state index in [4.69, 9.17) is 9.73 Å². The zero-order chi connectivity index (χ0) is 15.6. The number of ether oxygens (including phenoxy) is 1. The summed E-state index contributed by atoms with van der Waals surface area (Å²) in [6.45, 7) is 12.8. The van der Waals surface area contributed by atoms with E-state index < -0.39 is 0 Å². The first kappa shape index (κ1) is 17.5. The van der Waals surface area contributed by atoms with Gasteiger partial charge in [-0.2, -0.15) is 0 Å². The summed E-state index contributed by atoms with van der Waals surface area (Å²) in [7, 11) is 0. The van der Waals surface area contributed by atoms with Gasteiger partial charge in [0.25, 0.3) is 0 Å². The van der Waals surface area contributed by atoms with Gasteiger partial charge in [0.2, 0.25) is 0 Å². The van der Waals surface area contributed by atoms with Crippen molar-refractivity contribution in [2.24, 2.45) is 4.99 Å². The number of nitrogens with zero attached hydrogens (tertiary/aromatic N) is 3. The molecule has 2 aliphatic rings. The SMILES string of the molecule is CCNC(=NCCCN1CCCC1)N1CCC(OCC)CC1. The number of rotatable bonds is 7. The van der Waals surface area contributed by atoms with Crippen molar-refractivity contribution in [2.45, 2.75) is 52.1 Å².